The zero-order valence-corrected chi connectivity index (χ0v) is 12.6. The number of sulfonamides is 1. The Hall–Kier alpha value is -2.05. The molecule has 0 fully saturated rings. The Morgan fingerprint density at radius 3 is 2.48 bits per heavy atom. The third-order valence-corrected chi connectivity index (χ3v) is 4.60. The summed E-state index contributed by atoms with van der Waals surface area (Å²) in [5, 5.41) is 9.34. The molecule has 0 aliphatic heterocycles. The maximum atomic E-state index is 12.4. The van der Waals surface area contributed by atoms with Crippen LogP contribution in [0.1, 0.15) is 15.9 Å². The van der Waals surface area contributed by atoms with E-state index in [4.69, 9.17) is 16.7 Å². The van der Waals surface area contributed by atoms with E-state index in [-0.39, 0.29) is 21.2 Å². The van der Waals surface area contributed by atoms with Crippen molar-refractivity contribution in [1.82, 2.24) is 0 Å². The fraction of sp³-hybridized carbons (Fsp3) is 0.0714. The largest absolute Gasteiger partial charge is 0.478 e. The fourth-order valence-corrected chi connectivity index (χ4v) is 3.34. The molecule has 21 heavy (non-hydrogen) atoms. The number of carbonyl (C=O) groups is 1. The highest BCUT2D eigenvalue weighted by Gasteiger charge is 2.20. The van der Waals surface area contributed by atoms with E-state index in [9.17, 15) is 13.2 Å². The Bertz CT molecular complexity index is 802. The standard InChI is InChI=1S/C14H12ClNO4S/c1-9-4-2-3-5-13(9)21(19,20)16-12-8-10(15)6-7-11(12)14(17)18/h2-8,16H,1H3,(H,17,18). The van der Waals surface area contributed by atoms with Crippen LogP contribution in [0.2, 0.25) is 5.02 Å². The predicted octanol–water partition coefficient (Wildman–Crippen LogP) is 3.15. The van der Waals surface area contributed by atoms with Crippen molar-refractivity contribution in [2.24, 2.45) is 0 Å². The summed E-state index contributed by atoms with van der Waals surface area (Å²) in [7, 11) is -3.89. The molecule has 0 aliphatic rings. The average molecular weight is 326 g/mol. The number of anilines is 1. The molecular formula is C14H12ClNO4S. The van der Waals surface area contributed by atoms with E-state index in [1.165, 1.54) is 24.3 Å². The van der Waals surface area contributed by atoms with Crippen LogP contribution >= 0.6 is 11.6 Å². The minimum Gasteiger partial charge on any atom is -0.478 e. The van der Waals surface area contributed by atoms with Crippen molar-refractivity contribution in [3.8, 4) is 0 Å². The van der Waals surface area contributed by atoms with Crippen LogP contribution in [0.5, 0.6) is 0 Å². The van der Waals surface area contributed by atoms with Crippen LogP contribution in [-0.4, -0.2) is 19.5 Å². The van der Waals surface area contributed by atoms with E-state index in [0.717, 1.165) is 0 Å². The quantitative estimate of drug-likeness (QED) is 0.904. The summed E-state index contributed by atoms with van der Waals surface area (Å²) in [6, 6.07) is 10.3. The number of halogens is 1. The third kappa shape index (κ3) is 3.34. The van der Waals surface area contributed by atoms with Gasteiger partial charge in [-0.1, -0.05) is 29.8 Å². The number of rotatable bonds is 4. The molecule has 0 atom stereocenters. The van der Waals surface area contributed by atoms with Crippen LogP contribution in [0.25, 0.3) is 0 Å². The summed E-state index contributed by atoms with van der Waals surface area (Å²) in [6.07, 6.45) is 0. The molecule has 0 unspecified atom stereocenters. The molecule has 0 saturated carbocycles. The molecule has 0 bridgehead atoms. The Morgan fingerprint density at radius 2 is 1.86 bits per heavy atom. The van der Waals surface area contributed by atoms with Crippen molar-refractivity contribution in [2.75, 3.05) is 4.72 Å². The number of aromatic carboxylic acids is 1. The topological polar surface area (TPSA) is 83.5 Å². The van der Waals surface area contributed by atoms with Gasteiger partial charge < -0.3 is 5.11 Å². The highest BCUT2D eigenvalue weighted by molar-refractivity contribution is 7.92. The van der Waals surface area contributed by atoms with Gasteiger partial charge in [-0.05, 0) is 36.8 Å². The van der Waals surface area contributed by atoms with E-state index in [1.54, 1.807) is 25.1 Å². The molecule has 0 aliphatic carbocycles. The van der Waals surface area contributed by atoms with Crippen molar-refractivity contribution < 1.29 is 18.3 Å². The average Bonchev–Trinajstić information content (AvgIpc) is 2.38. The zero-order chi connectivity index (χ0) is 15.6. The van der Waals surface area contributed by atoms with Gasteiger partial charge in [-0.3, -0.25) is 4.72 Å². The Kier molecular flexibility index (Phi) is 4.20. The second kappa shape index (κ2) is 5.75. The van der Waals surface area contributed by atoms with Crippen LogP contribution in [0, 0.1) is 6.92 Å². The number of carboxylic acids is 1. The van der Waals surface area contributed by atoms with Crippen molar-refractivity contribution in [2.45, 2.75) is 11.8 Å². The van der Waals surface area contributed by atoms with Gasteiger partial charge in [-0.15, -0.1) is 0 Å². The normalized spacial score (nSPS) is 11.1. The number of benzene rings is 2. The highest BCUT2D eigenvalue weighted by atomic mass is 35.5. The molecule has 0 heterocycles. The maximum absolute atomic E-state index is 12.4. The van der Waals surface area contributed by atoms with Crippen molar-refractivity contribution >= 4 is 33.3 Å². The van der Waals surface area contributed by atoms with Crippen LogP contribution in [0.3, 0.4) is 0 Å². The molecule has 0 amide bonds. The lowest BCUT2D eigenvalue weighted by molar-refractivity contribution is 0.0698. The molecule has 110 valence electrons. The van der Waals surface area contributed by atoms with Crippen LogP contribution in [0.4, 0.5) is 5.69 Å². The highest BCUT2D eigenvalue weighted by Crippen LogP contribution is 2.25. The second-order valence-electron chi connectivity index (χ2n) is 4.37. The van der Waals surface area contributed by atoms with Crippen LogP contribution < -0.4 is 4.72 Å². The molecule has 2 aromatic carbocycles. The molecule has 0 aromatic heterocycles. The van der Waals surface area contributed by atoms with E-state index < -0.39 is 16.0 Å². The summed E-state index contributed by atoms with van der Waals surface area (Å²) >= 11 is 5.80. The van der Waals surface area contributed by atoms with E-state index in [1.807, 2.05) is 0 Å². The summed E-state index contributed by atoms with van der Waals surface area (Å²) in [5.41, 5.74) is 0.318. The molecule has 0 radical (unpaired) electrons. The SMILES string of the molecule is Cc1ccccc1S(=O)(=O)Nc1cc(Cl)ccc1C(=O)O. The molecule has 5 nitrogen and oxygen atoms in total. The molecular weight excluding hydrogens is 314 g/mol. The lowest BCUT2D eigenvalue weighted by Gasteiger charge is -2.12. The summed E-state index contributed by atoms with van der Waals surface area (Å²) in [5.74, 6) is -1.24. The van der Waals surface area contributed by atoms with Gasteiger partial charge in [0.2, 0.25) is 0 Å². The lowest BCUT2D eigenvalue weighted by Crippen LogP contribution is -2.16. The van der Waals surface area contributed by atoms with Gasteiger partial charge in [0.15, 0.2) is 0 Å². The predicted molar refractivity (Wildman–Crippen MR) is 80.4 cm³/mol. The monoisotopic (exact) mass is 325 g/mol. The van der Waals surface area contributed by atoms with E-state index in [0.29, 0.717) is 5.56 Å². The first kappa shape index (κ1) is 15.3. The number of nitrogens with one attached hydrogen (secondary N) is 1. The van der Waals surface area contributed by atoms with Crippen molar-refractivity contribution in [3.05, 3.63) is 58.6 Å². The first-order valence-electron chi connectivity index (χ1n) is 5.92. The number of carboxylic acid groups (broad SMARTS) is 1. The molecule has 0 spiro atoms. The van der Waals surface area contributed by atoms with Crippen molar-refractivity contribution in [3.63, 3.8) is 0 Å². The van der Waals surface area contributed by atoms with Crippen LogP contribution in [-0.2, 0) is 10.0 Å². The zero-order valence-electron chi connectivity index (χ0n) is 11.0. The fourth-order valence-electron chi connectivity index (χ4n) is 1.85. The number of aryl methyl sites for hydroxylation is 1. The molecule has 0 saturated heterocycles. The molecule has 7 heteroatoms. The van der Waals surface area contributed by atoms with Crippen LogP contribution in [0.15, 0.2) is 47.4 Å². The minimum absolute atomic E-state index is 0.0711. The molecule has 2 aromatic rings. The Morgan fingerprint density at radius 1 is 1.19 bits per heavy atom. The molecule has 2 N–H and O–H groups in total. The minimum atomic E-state index is -3.89. The van der Waals surface area contributed by atoms with Gasteiger partial charge in [-0.25, -0.2) is 13.2 Å². The smallest absolute Gasteiger partial charge is 0.337 e. The number of hydrogen-bond donors (Lipinski definition) is 2. The third-order valence-electron chi connectivity index (χ3n) is 2.84. The number of hydrogen-bond acceptors (Lipinski definition) is 3. The Balaban J connectivity index is 2.49. The van der Waals surface area contributed by atoms with Crippen molar-refractivity contribution in [1.29, 1.82) is 0 Å². The van der Waals surface area contributed by atoms with Gasteiger partial charge in [-0.2, -0.15) is 0 Å². The Labute approximate surface area is 127 Å². The van der Waals surface area contributed by atoms with E-state index >= 15 is 0 Å². The summed E-state index contributed by atoms with van der Waals surface area (Å²) in [6.45, 7) is 1.66. The lowest BCUT2D eigenvalue weighted by atomic mass is 10.2. The van der Waals surface area contributed by atoms with Gasteiger partial charge in [0.05, 0.1) is 16.1 Å². The summed E-state index contributed by atoms with van der Waals surface area (Å²) < 4.78 is 27.0. The van der Waals surface area contributed by atoms with Gasteiger partial charge in [0, 0.05) is 5.02 Å². The first-order chi connectivity index (χ1) is 9.81. The van der Waals surface area contributed by atoms with Gasteiger partial charge in [0.1, 0.15) is 0 Å². The van der Waals surface area contributed by atoms with Gasteiger partial charge >= 0.3 is 5.97 Å². The van der Waals surface area contributed by atoms with E-state index in [2.05, 4.69) is 4.72 Å². The maximum Gasteiger partial charge on any atom is 0.337 e. The summed E-state index contributed by atoms with van der Waals surface area (Å²) in [4.78, 5) is 11.2. The molecule has 2 rings (SSSR count). The second-order valence-corrected chi connectivity index (χ2v) is 6.45. The first-order valence-corrected chi connectivity index (χ1v) is 7.78. The van der Waals surface area contributed by atoms with Gasteiger partial charge in [0.25, 0.3) is 10.0 Å².